The minimum atomic E-state index is -0.386. The highest BCUT2D eigenvalue weighted by Crippen LogP contribution is 2.52. The van der Waals surface area contributed by atoms with Gasteiger partial charge in [0, 0.05) is 10.4 Å². The SMILES string of the molecule is CC[C@@H](C)c1ccc(-c2c(C)sc(N3C(=O)[C@@H]4[C@@H](C3=O)[C@@H]3CC[C@@H]4O3)c2C#N)cc1. The molecule has 5 nitrogen and oxygen atoms in total. The molecule has 3 aliphatic heterocycles. The third kappa shape index (κ3) is 2.62. The number of ether oxygens (including phenoxy) is 1. The number of aryl methyl sites for hydroxylation is 1. The highest BCUT2D eigenvalue weighted by atomic mass is 32.1. The topological polar surface area (TPSA) is 70.4 Å². The Balaban J connectivity index is 1.55. The van der Waals surface area contributed by atoms with Crippen molar-refractivity contribution in [2.24, 2.45) is 11.8 Å². The number of fused-ring (bicyclic) bond motifs is 5. The number of thiophene rings is 1. The van der Waals surface area contributed by atoms with Crippen molar-refractivity contribution in [3.63, 3.8) is 0 Å². The molecule has 5 rings (SSSR count). The number of rotatable bonds is 4. The van der Waals surface area contributed by atoms with Gasteiger partial charge in [-0.3, -0.25) is 9.59 Å². The number of hydrogen-bond acceptors (Lipinski definition) is 5. The van der Waals surface area contributed by atoms with Crippen LogP contribution in [0, 0.1) is 30.1 Å². The number of anilines is 1. The molecule has 6 heteroatoms. The number of hydrogen-bond donors (Lipinski definition) is 0. The van der Waals surface area contributed by atoms with Crippen molar-refractivity contribution < 1.29 is 14.3 Å². The monoisotopic (exact) mass is 420 g/mol. The zero-order chi connectivity index (χ0) is 21.2. The third-order valence-corrected chi connectivity index (χ3v) is 8.14. The van der Waals surface area contributed by atoms with E-state index in [1.807, 2.05) is 19.1 Å². The molecule has 154 valence electrons. The minimum Gasteiger partial charge on any atom is -0.373 e. The Morgan fingerprint density at radius 1 is 1.17 bits per heavy atom. The Labute approximate surface area is 180 Å². The number of carbonyl (C=O) groups is 2. The Kier molecular flexibility index (Phi) is 4.57. The second-order valence-electron chi connectivity index (χ2n) is 8.61. The van der Waals surface area contributed by atoms with E-state index in [4.69, 9.17) is 4.74 Å². The van der Waals surface area contributed by atoms with Crippen molar-refractivity contribution in [1.82, 2.24) is 0 Å². The van der Waals surface area contributed by atoms with E-state index in [1.54, 1.807) is 0 Å². The van der Waals surface area contributed by atoms with Crippen LogP contribution in [0.5, 0.6) is 0 Å². The summed E-state index contributed by atoms with van der Waals surface area (Å²) in [5.41, 5.74) is 3.45. The van der Waals surface area contributed by atoms with Gasteiger partial charge in [0.15, 0.2) is 0 Å². The van der Waals surface area contributed by atoms with Crippen molar-refractivity contribution in [2.45, 2.75) is 58.2 Å². The van der Waals surface area contributed by atoms with Gasteiger partial charge >= 0.3 is 0 Å². The number of nitrogens with zero attached hydrogens (tertiary/aromatic N) is 2. The van der Waals surface area contributed by atoms with E-state index in [0.717, 1.165) is 35.3 Å². The maximum atomic E-state index is 13.2. The summed E-state index contributed by atoms with van der Waals surface area (Å²) in [5, 5.41) is 10.5. The first-order valence-corrected chi connectivity index (χ1v) is 11.4. The predicted molar refractivity (Wildman–Crippen MR) is 115 cm³/mol. The van der Waals surface area contributed by atoms with Gasteiger partial charge in [0.25, 0.3) is 0 Å². The largest absolute Gasteiger partial charge is 0.373 e. The molecular weight excluding hydrogens is 396 g/mol. The Morgan fingerprint density at radius 3 is 2.30 bits per heavy atom. The third-order valence-electron chi connectivity index (χ3n) is 7.05. The Bertz CT molecular complexity index is 1050. The number of nitriles is 1. The summed E-state index contributed by atoms with van der Waals surface area (Å²) in [6.45, 7) is 6.31. The quantitative estimate of drug-likeness (QED) is 0.668. The fraction of sp³-hybridized carbons (Fsp3) is 0.458. The smallest absolute Gasteiger partial charge is 0.241 e. The fourth-order valence-corrected chi connectivity index (χ4v) is 6.40. The van der Waals surface area contributed by atoms with E-state index in [0.29, 0.717) is 16.5 Å². The molecule has 3 aliphatic rings. The van der Waals surface area contributed by atoms with Crippen LogP contribution in [0.15, 0.2) is 24.3 Å². The van der Waals surface area contributed by atoms with Crippen LogP contribution < -0.4 is 4.90 Å². The van der Waals surface area contributed by atoms with E-state index in [2.05, 4.69) is 32.0 Å². The first-order chi connectivity index (χ1) is 14.5. The molecule has 1 aromatic carbocycles. The highest BCUT2D eigenvalue weighted by Gasteiger charge is 2.63. The van der Waals surface area contributed by atoms with Crippen molar-refractivity contribution in [1.29, 1.82) is 5.26 Å². The van der Waals surface area contributed by atoms with Gasteiger partial charge in [0.2, 0.25) is 11.8 Å². The van der Waals surface area contributed by atoms with E-state index >= 15 is 0 Å². The standard InChI is InChI=1S/C24H24N2O3S/c1-4-12(2)14-5-7-15(8-6-14)19-13(3)30-24(16(19)11-25)26-22(27)20-17-9-10-18(29-17)21(20)23(26)28/h5-8,12,17-18,20-21H,4,9-10H2,1-3H3/t12-,17+,18+,20+,21+/m1/s1. The molecular formula is C24H24N2O3S. The molecule has 0 N–H and O–H groups in total. The summed E-state index contributed by atoms with van der Waals surface area (Å²) in [4.78, 5) is 28.6. The average molecular weight is 421 g/mol. The fourth-order valence-electron chi connectivity index (χ4n) is 5.27. The highest BCUT2D eigenvalue weighted by molar-refractivity contribution is 7.17. The summed E-state index contributed by atoms with van der Waals surface area (Å²) < 4.78 is 5.83. The average Bonchev–Trinajstić information content (AvgIpc) is 3.50. The summed E-state index contributed by atoms with van der Waals surface area (Å²) >= 11 is 1.36. The van der Waals surface area contributed by atoms with Gasteiger partial charge in [-0.05, 0) is 43.2 Å². The number of amides is 2. The predicted octanol–water partition coefficient (Wildman–Crippen LogP) is 4.78. The molecule has 0 aliphatic carbocycles. The second kappa shape index (κ2) is 7.04. The summed E-state index contributed by atoms with van der Waals surface area (Å²) in [5.74, 6) is -0.695. The van der Waals surface area contributed by atoms with Gasteiger partial charge in [-0.2, -0.15) is 5.26 Å². The molecule has 5 atom stereocenters. The van der Waals surface area contributed by atoms with Crippen LogP contribution in [0.2, 0.25) is 0 Å². The van der Waals surface area contributed by atoms with Gasteiger partial charge in [0.05, 0.1) is 29.6 Å². The van der Waals surface area contributed by atoms with Crippen LogP contribution in [-0.2, 0) is 14.3 Å². The molecule has 1 aromatic heterocycles. The van der Waals surface area contributed by atoms with Crippen LogP contribution in [0.4, 0.5) is 5.00 Å². The molecule has 3 fully saturated rings. The molecule has 2 aromatic rings. The number of imide groups is 1. The Morgan fingerprint density at radius 2 is 1.77 bits per heavy atom. The molecule has 0 radical (unpaired) electrons. The van der Waals surface area contributed by atoms with E-state index in [9.17, 15) is 14.9 Å². The number of carbonyl (C=O) groups excluding carboxylic acids is 2. The van der Waals surface area contributed by atoms with E-state index in [-0.39, 0.29) is 35.9 Å². The number of benzene rings is 1. The first-order valence-electron chi connectivity index (χ1n) is 10.6. The van der Waals surface area contributed by atoms with Crippen LogP contribution in [0.1, 0.15) is 55.0 Å². The Hall–Kier alpha value is -2.49. The molecule has 0 spiro atoms. The van der Waals surface area contributed by atoms with Crippen LogP contribution >= 0.6 is 11.3 Å². The lowest BCUT2D eigenvalue weighted by atomic mass is 9.81. The molecule has 0 saturated carbocycles. The lowest BCUT2D eigenvalue weighted by Crippen LogP contribution is -2.34. The lowest BCUT2D eigenvalue weighted by molar-refractivity contribution is -0.124. The summed E-state index contributed by atoms with van der Waals surface area (Å²) in [6.07, 6.45) is 2.43. The molecule has 0 unspecified atom stereocenters. The van der Waals surface area contributed by atoms with Crippen LogP contribution in [-0.4, -0.2) is 24.0 Å². The summed E-state index contributed by atoms with van der Waals surface area (Å²) in [7, 11) is 0. The normalized spacial score (nSPS) is 28.1. The lowest BCUT2D eigenvalue weighted by Gasteiger charge is -2.16. The van der Waals surface area contributed by atoms with Gasteiger partial charge in [-0.1, -0.05) is 38.1 Å². The van der Waals surface area contributed by atoms with Gasteiger partial charge in [0.1, 0.15) is 11.1 Å². The molecule has 2 amide bonds. The maximum Gasteiger partial charge on any atom is 0.241 e. The van der Waals surface area contributed by atoms with Crippen molar-refractivity contribution >= 4 is 28.2 Å². The van der Waals surface area contributed by atoms with Crippen molar-refractivity contribution in [3.8, 4) is 17.2 Å². The molecule has 2 bridgehead atoms. The van der Waals surface area contributed by atoms with Gasteiger partial charge in [-0.15, -0.1) is 11.3 Å². The maximum absolute atomic E-state index is 13.2. The minimum absolute atomic E-state index is 0.152. The van der Waals surface area contributed by atoms with Crippen LogP contribution in [0.3, 0.4) is 0 Å². The molecule has 4 heterocycles. The van der Waals surface area contributed by atoms with E-state index < -0.39 is 0 Å². The zero-order valence-electron chi connectivity index (χ0n) is 17.3. The molecule has 3 saturated heterocycles. The van der Waals surface area contributed by atoms with Crippen molar-refractivity contribution in [2.75, 3.05) is 4.90 Å². The van der Waals surface area contributed by atoms with E-state index in [1.165, 1.54) is 21.8 Å². The summed E-state index contributed by atoms with van der Waals surface area (Å²) in [6, 6.07) is 10.6. The zero-order valence-corrected chi connectivity index (χ0v) is 18.2. The van der Waals surface area contributed by atoms with Crippen molar-refractivity contribution in [3.05, 3.63) is 40.3 Å². The van der Waals surface area contributed by atoms with Gasteiger partial charge < -0.3 is 4.74 Å². The first kappa shape index (κ1) is 19.5. The van der Waals surface area contributed by atoms with Crippen LogP contribution in [0.25, 0.3) is 11.1 Å². The molecule has 30 heavy (non-hydrogen) atoms. The van der Waals surface area contributed by atoms with Gasteiger partial charge in [-0.25, -0.2) is 4.90 Å². The second-order valence-corrected chi connectivity index (χ2v) is 9.81.